The van der Waals surface area contributed by atoms with Crippen LogP contribution < -0.4 is 5.32 Å². The molecule has 1 aliphatic carbocycles. The van der Waals surface area contributed by atoms with Crippen molar-refractivity contribution in [2.45, 2.75) is 40.0 Å². The standard InChI is InChI=1S/C23H29NO6S/c1-6-31-10-9-29-23(27)18-14(4)24-15-11-12(2)17(22(26)28-5)21(25)19(15)20(18)16-8-7-13(3)30-16/h7-8,12,17,20,24H,6,9-11H2,1-5H3/t12-,17-,20+/m0/s1. The van der Waals surface area contributed by atoms with Gasteiger partial charge in [-0.2, -0.15) is 11.8 Å². The van der Waals surface area contributed by atoms with Gasteiger partial charge >= 0.3 is 11.9 Å². The van der Waals surface area contributed by atoms with Crippen molar-refractivity contribution in [3.05, 3.63) is 46.2 Å². The molecule has 7 nitrogen and oxygen atoms in total. The van der Waals surface area contributed by atoms with Gasteiger partial charge in [-0.1, -0.05) is 13.8 Å². The molecule has 0 saturated carbocycles. The Bertz CT molecular complexity index is 944. The number of thioether (sulfide) groups is 1. The van der Waals surface area contributed by atoms with Crippen molar-refractivity contribution in [3.8, 4) is 0 Å². The fourth-order valence-electron chi connectivity index (χ4n) is 4.26. The second-order valence-electron chi connectivity index (χ2n) is 7.82. The molecule has 1 aromatic heterocycles. The molecule has 0 saturated heterocycles. The number of dihydropyridines is 1. The molecule has 0 radical (unpaired) electrons. The van der Waals surface area contributed by atoms with Gasteiger partial charge < -0.3 is 19.2 Å². The normalized spacial score (nSPS) is 23.4. The van der Waals surface area contributed by atoms with Crippen LogP contribution in [0.3, 0.4) is 0 Å². The lowest BCUT2D eigenvalue weighted by atomic mass is 9.70. The summed E-state index contributed by atoms with van der Waals surface area (Å²) in [6.07, 6.45) is 0.490. The van der Waals surface area contributed by atoms with Crippen LogP contribution in [0.1, 0.15) is 44.6 Å². The van der Waals surface area contributed by atoms with Crippen LogP contribution in [0, 0.1) is 18.8 Å². The minimum atomic E-state index is -0.916. The van der Waals surface area contributed by atoms with Crippen molar-refractivity contribution in [1.82, 2.24) is 5.32 Å². The van der Waals surface area contributed by atoms with Crippen molar-refractivity contribution < 1.29 is 28.3 Å². The fourth-order valence-corrected chi connectivity index (χ4v) is 4.75. The Balaban J connectivity index is 2.03. The maximum atomic E-state index is 13.5. The van der Waals surface area contributed by atoms with Crippen LogP contribution in [0.25, 0.3) is 0 Å². The van der Waals surface area contributed by atoms with E-state index in [-0.39, 0.29) is 18.3 Å². The second kappa shape index (κ2) is 9.77. The molecule has 31 heavy (non-hydrogen) atoms. The zero-order valence-corrected chi connectivity index (χ0v) is 19.4. The minimum absolute atomic E-state index is 0.224. The molecule has 3 atom stereocenters. The molecule has 1 aliphatic heterocycles. The number of ketones is 1. The molecule has 0 fully saturated rings. The molecule has 2 aliphatic rings. The van der Waals surface area contributed by atoms with E-state index in [1.165, 1.54) is 7.11 Å². The molecule has 0 spiro atoms. The Morgan fingerprint density at radius 2 is 2.03 bits per heavy atom. The summed E-state index contributed by atoms with van der Waals surface area (Å²) in [5.41, 5.74) is 2.05. The third-order valence-corrected chi connectivity index (χ3v) is 6.54. The number of aryl methyl sites for hydroxylation is 1. The molecule has 0 bridgehead atoms. The third-order valence-electron chi connectivity index (χ3n) is 5.67. The number of hydrogen-bond donors (Lipinski definition) is 1. The molecule has 0 amide bonds. The van der Waals surface area contributed by atoms with E-state index in [2.05, 4.69) is 5.32 Å². The summed E-state index contributed by atoms with van der Waals surface area (Å²) in [6, 6.07) is 3.56. The van der Waals surface area contributed by atoms with Crippen LogP contribution in [0.15, 0.2) is 39.1 Å². The number of nitrogens with one attached hydrogen (secondary N) is 1. The van der Waals surface area contributed by atoms with Crippen molar-refractivity contribution in [1.29, 1.82) is 0 Å². The highest BCUT2D eigenvalue weighted by molar-refractivity contribution is 7.99. The quantitative estimate of drug-likeness (QED) is 0.386. The van der Waals surface area contributed by atoms with Gasteiger partial charge in [0.2, 0.25) is 0 Å². The number of rotatable bonds is 7. The number of methoxy groups -OCH3 is 1. The van der Waals surface area contributed by atoms with Gasteiger partial charge in [-0.15, -0.1) is 0 Å². The minimum Gasteiger partial charge on any atom is -0.468 e. The number of carbonyl (C=O) groups excluding carboxylic acids is 3. The molecule has 1 N–H and O–H groups in total. The smallest absolute Gasteiger partial charge is 0.336 e. The molecular weight excluding hydrogens is 418 g/mol. The predicted octanol–water partition coefficient (Wildman–Crippen LogP) is 3.50. The first kappa shape index (κ1) is 23.2. The van der Waals surface area contributed by atoms with E-state index >= 15 is 0 Å². The van der Waals surface area contributed by atoms with E-state index in [0.717, 1.165) is 5.75 Å². The molecule has 0 aromatic carbocycles. The lowest BCUT2D eigenvalue weighted by molar-refractivity contribution is -0.151. The first-order chi connectivity index (χ1) is 14.8. The summed E-state index contributed by atoms with van der Waals surface area (Å²) < 4.78 is 16.3. The summed E-state index contributed by atoms with van der Waals surface area (Å²) in [5.74, 6) is -0.491. The van der Waals surface area contributed by atoms with E-state index in [4.69, 9.17) is 13.9 Å². The van der Waals surface area contributed by atoms with Crippen LogP contribution in [0.5, 0.6) is 0 Å². The average molecular weight is 448 g/mol. The zero-order valence-electron chi connectivity index (χ0n) is 18.6. The first-order valence-corrected chi connectivity index (χ1v) is 11.6. The molecule has 0 unspecified atom stereocenters. The lowest BCUT2D eigenvalue weighted by Gasteiger charge is -2.37. The maximum Gasteiger partial charge on any atom is 0.336 e. The molecule has 168 valence electrons. The number of Topliss-reactive ketones (excluding diaryl/α,β-unsaturated/α-hetero) is 1. The Hall–Kier alpha value is -2.48. The molecule has 2 heterocycles. The van der Waals surface area contributed by atoms with Gasteiger partial charge in [0.1, 0.15) is 24.0 Å². The van der Waals surface area contributed by atoms with E-state index in [1.54, 1.807) is 37.7 Å². The summed E-state index contributed by atoms with van der Waals surface area (Å²) in [4.78, 5) is 39.0. The number of hydrogen-bond acceptors (Lipinski definition) is 8. The van der Waals surface area contributed by atoms with Gasteiger partial charge in [0.05, 0.1) is 18.6 Å². The van der Waals surface area contributed by atoms with Gasteiger partial charge in [-0.3, -0.25) is 9.59 Å². The predicted molar refractivity (Wildman–Crippen MR) is 117 cm³/mol. The van der Waals surface area contributed by atoms with Crippen LogP contribution in [-0.4, -0.2) is 42.9 Å². The summed E-state index contributed by atoms with van der Waals surface area (Å²) in [5, 5.41) is 3.23. The van der Waals surface area contributed by atoms with Crippen LogP contribution >= 0.6 is 11.8 Å². The fraction of sp³-hybridized carbons (Fsp3) is 0.522. The Morgan fingerprint density at radius 3 is 2.65 bits per heavy atom. The molecule has 8 heteroatoms. The number of furan rings is 1. The maximum absolute atomic E-state index is 13.5. The van der Waals surface area contributed by atoms with Crippen molar-refractivity contribution in [2.24, 2.45) is 11.8 Å². The van der Waals surface area contributed by atoms with Crippen LogP contribution in [-0.2, 0) is 23.9 Å². The SMILES string of the molecule is CCSCCOC(=O)C1=C(C)NC2=C(C(=O)[C@@H](C(=O)OC)[C@@H](C)C2)[C@@H]1c1ccc(C)o1. The van der Waals surface area contributed by atoms with Crippen molar-refractivity contribution >= 4 is 29.5 Å². The number of ether oxygens (including phenoxy) is 2. The second-order valence-corrected chi connectivity index (χ2v) is 9.21. The Morgan fingerprint density at radius 1 is 1.29 bits per heavy atom. The van der Waals surface area contributed by atoms with Crippen molar-refractivity contribution in [2.75, 3.05) is 25.2 Å². The van der Waals surface area contributed by atoms with Gasteiger partial charge in [-0.05, 0) is 44.1 Å². The lowest BCUT2D eigenvalue weighted by Crippen LogP contribution is -2.43. The highest BCUT2D eigenvalue weighted by Gasteiger charge is 2.48. The van der Waals surface area contributed by atoms with Crippen molar-refractivity contribution in [3.63, 3.8) is 0 Å². The van der Waals surface area contributed by atoms with Gasteiger partial charge in [0.15, 0.2) is 5.78 Å². The third kappa shape index (κ3) is 4.59. The number of esters is 2. The van der Waals surface area contributed by atoms with E-state index in [9.17, 15) is 14.4 Å². The van der Waals surface area contributed by atoms with E-state index in [0.29, 0.717) is 46.2 Å². The average Bonchev–Trinajstić information content (AvgIpc) is 3.15. The van der Waals surface area contributed by atoms with E-state index in [1.807, 2.05) is 13.8 Å². The van der Waals surface area contributed by atoms with Gasteiger partial charge in [-0.25, -0.2) is 4.79 Å². The summed E-state index contributed by atoms with van der Waals surface area (Å²) in [6.45, 7) is 7.77. The topological polar surface area (TPSA) is 94.8 Å². The largest absolute Gasteiger partial charge is 0.468 e. The van der Waals surface area contributed by atoms with Gasteiger partial charge in [0, 0.05) is 22.7 Å². The van der Waals surface area contributed by atoms with Crippen LogP contribution in [0.2, 0.25) is 0 Å². The molecule has 1 aromatic rings. The number of allylic oxidation sites excluding steroid dienone is 3. The molecule has 3 rings (SSSR count). The summed E-state index contributed by atoms with van der Waals surface area (Å²) in [7, 11) is 1.28. The van der Waals surface area contributed by atoms with Gasteiger partial charge in [0.25, 0.3) is 0 Å². The Labute approximate surface area is 186 Å². The molecular formula is C23H29NO6S. The number of carbonyl (C=O) groups is 3. The zero-order chi connectivity index (χ0) is 22.7. The monoisotopic (exact) mass is 447 g/mol. The highest BCUT2D eigenvalue weighted by atomic mass is 32.2. The summed E-state index contributed by atoms with van der Waals surface area (Å²) >= 11 is 1.68. The first-order valence-electron chi connectivity index (χ1n) is 10.4. The van der Waals surface area contributed by atoms with E-state index < -0.39 is 23.8 Å². The Kier molecular flexibility index (Phi) is 7.30. The van der Waals surface area contributed by atoms with Crippen LogP contribution in [0.4, 0.5) is 0 Å². The highest BCUT2D eigenvalue weighted by Crippen LogP contribution is 2.45.